The number of fused-ring (bicyclic) bond motifs is 1. The fourth-order valence-electron chi connectivity index (χ4n) is 3.52. The van der Waals surface area contributed by atoms with Crippen molar-refractivity contribution in [1.29, 1.82) is 0 Å². The van der Waals surface area contributed by atoms with E-state index in [2.05, 4.69) is 63.9 Å². The second-order valence-corrected chi connectivity index (χ2v) is 6.94. The summed E-state index contributed by atoms with van der Waals surface area (Å²) >= 11 is 0. The highest BCUT2D eigenvalue weighted by Crippen LogP contribution is 2.37. The van der Waals surface area contributed by atoms with Crippen LogP contribution in [0.15, 0.2) is 103 Å². The van der Waals surface area contributed by atoms with E-state index in [0.29, 0.717) is 0 Å². The molecule has 1 aromatic rings. The SMILES string of the molecule is C=C/C=C\C=C\NN1C=C(CCNC/C=C\C)C2=CC=C(c3ccccn3)CC21.CC. The molecule has 164 valence electrons. The normalized spacial score (nSPS) is 17.8. The molecule has 2 N–H and O–H groups in total. The summed E-state index contributed by atoms with van der Waals surface area (Å²) in [6, 6.07) is 6.36. The van der Waals surface area contributed by atoms with Crippen LogP contribution in [-0.4, -0.2) is 29.1 Å². The van der Waals surface area contributed by atoms with Crippen LogP contribution in [0, 0.1) is 0 Å². The van der Waals surface area contributed by atoms with E-state index in [4.69, 9.17) is 0 Å². The number of allylic oxidation sites excluding steroid dienone is 7. The Kier molecular flexibility index (Phi) is 10.9. The van der Waals surface area contributed by atoms with Gasteiger partial charge in [0.05, 0.1) is 11.7 Å². The molecule has 0 saturated carbocycles. The van der Waals surface area contributed by atoms with E-state index in [1.165, 1.54) is 16.7 Å². The first kappa shape index (κ1) is 24.2. The molecule has 0 fully saturated rings. The van der Waals surface area contributed by atoms with Crippen LogP contribution in [0.4, 0.5) is 0 Å². The lowest BCUT2D eigenvalue weighted by Gasteiger charge is -2.29. The highest BCUT2D eigenvalue weighted by atomic mass is 15.5. The Morgan fingerprint density at radius 3 is 2.81 bits per heavy atom. The summed E-state index contributed by atoms with van der Waals surface area (Å²) in [4.78, 5) is 4.53. The van der Waals surface area contributed by atoms with Crippen LogP contribution in [0.25, 0.3) is 5.57 Å². The Balaban J connectivity index is 0.00000166. The van der Waals surface area contributed by atoms with Crippen LogP contribution in [0.2, 0.25) is 0 Å². The van der Waals surface area contributed by atoms with Gasteiger partial charge in [-0.25, -0.2) is 0 Å². The van der Waals surface area contributed by atoms with Crippen LogP contribution in [0.1, 0.15) is 39.3 Å². The van der Waals surface area contributed by atoms with Gasteiger partial charge in [0.25, 0.3) is 0 Å². The number of nitrogens with one attached hydrogen (secondary N) is 2. The number of pyridine rings is 1. The summed E-state index contributed by atoms with van der Waals surface area (Å²) in [6.45, 7) is 11.6. The first-order chi connectivity index (χ1) is 15.3. The van der Waals surface area contributed by atoms with Crippen molar-refractivity contribution in [1.82, 2.24) is 20.7 Å². The lowest BCUT2D eigenvalue weighted by atomic mass is 9.88. The summed E-state index contributed by atoms with van der Waals surface area (Å²) < 4.78 is 0. The summed E-state index contributed by atoms with van der Waals surface area (Å²) in [5.74, 6) is 0. The molecule has 1 unspecified atom stereocenters. The van der Waals surface area contributed by atoms with Crippen LogP contribution in [0.3, 0.4) is 0 Å². The van der Waals surface area contributed by atoms with Crippen LogP contribution >= 0.6 is 0 Å². The highest BCUT2D eigenvalue weighted by Gasteiger charge is 2.32. The molecule has 1 atom stereocenters. The number of hydrazine groups is 1. The van der Waals surface area contributed by atoms with Crippen molar-refractivity contribution in [2.45, 2.75) is 39.7 Å². The van der Waals surface area contributed by atoms with Crippen molar-refractivity contribution in [3.8, 4) is 0 Å². The van der Waals surface area contributed by atoms with Crippen LogP contribution in [0.5, 0.6) is 0 Å². The summed E-state index contributed by atoms with van der Waals surface area (Å²) in [7, 11) is 0. The van der Waals surface area contributed by atoms with Gasteiger partial charge in [0, 0.05) is 31.6 Å². The van der Waals surface area contributed by atoms with Gasteiger partial charge in [0.1, 0.15) is 0 Å². The van der Waals surface area contributed by atoms with E-state index in [1.807, 2.05) is 63.5 Å². The largest absolute Gasteiger partial charge is 0.313 e. The molecule has 2 aliphatic rings. The summed E-state index contributed by atoms with van der Waals surface area (Å²) in [5, 5.41) is 5.68. The van der Waals surface area contributed by atoms with E-state index in [1.54, 1.807) is 6.08 Å². The Hall–Kier alpha value is -3.11. The maximum Gasteiger partial charge on any atom is 0.0790 e. The van der Waals surface area contributed by atoms with Crippen molar-refractivity contribution >= 4 is 5.57 Å². The molecule has 0 spiro atoms. The lowest BCUT2D eigenvalue weighted by Crippen LogP contribution is -2.37. The van der Waals surface area contributed by atoms with E-state index in [0.717, 1.165) is 31.6 Å². The summed E-state index contributed by atoms with van der Waals surface area (Å²) in [5.41, 5.74) is 8.50. The zero-order chi connectivity index (χ0) is 22.3. The zero-order valence-corrected chi connectivity index (χ0v) is 19.1. The number of nitrogens with zero attached hydrogens (tertiary/aromatic N) is 2. The molecule has 2 heterocycles. The third-order valence-corrected chi connectivity index (χ3v) is 4.98. The Morgan fingerprint density at radius 1 is 1.19 bits per heavy atom. The highest BCUT2D eigenvalue weighted by molar-refractivity contribution is 5.69. The summed E-state index contributed by atoms with van der Waals surface area (Å²) in [6.07, 6.45) is 24.3. The Labute approximate surface area is 188 Å². The third-order valence-electron chi connectivity index (χ3n) is 4.98. The molecule has 4 heteroatoms. The molecule has 0 amide bonds. The van der Waals surface area contributed by atoms with E-state index < -0.39 is 0 Å². The standard InChI is InChI=1S/C25H30N4.C2H6/c1-3-5-7-9-17-28-29-20-22(14-18-26-15-6-4-2)23-13-12-21(19-25(23)29)24-11-8-10-16-27-24;1-2/h3-13,16-17,20,25-26,28H,1,14-15,18-19H2,2H3;1-2H3/b6-4-,7-5-,17-9+;. The molecule has 0 saturated heterocycles. The molecular weight excluding hydrogens is 380 g/mol. The first-order valence-electron chi connectivity index (χ1n) is 11.2. The van der Waals surface area contributed by atoms with Crippen molar-refractivity contribution in [3.63, 3.8) is 0 Å². The smallest absolute Gasteiger partial charge is 0.0790 e. The van der Waals surface area contributed by atoms with Gasteiger partial charge in [0.2, 0.25) is 0 Å². The number of aromatic nitrogens is 1. The monoisotopic (exact) mass is 416 g/mol. The van der Waals surface area contributed by atoms with E-state index in [9.17, 15) is 0 Å². The maximum atomic E-state index is 4.53. The lowest BCUT2D eigenvalue weighted by molar-refractivity contribution is 0.275. The third kappa shape index (κ3) is 7.26. The van der Waals surface area contributed by atoms with E-state index >= 15 is 0 Å². The molecule has 0 aromatic carbocycles. The first-order valence-corrected chi connectivity index (χ1v) is 11.2. The molecule has 0 radical (unpaired) electrons. The fraction of sp³-hybridized carbons (Fsp3) is 0.296. The van der Waals surface area contributed by atoms with Gasteiger partial charge in [-0.05, 0) is 54.8 Å². The minimum atomic E-state index is 0.274. The van der Waals surface area contributed by atoms with Gasteiger partial charge in [0.15, 0.2) is 0 Å². The minimum absolute atomic E-state index is 0.274. The molecule has 3 rings (SSSR count). The second-order valence-electron chi connectivity index (χ2n) is 6.94. The van der Waals surface area contributed by atoms with Crippen LogP contribution < -0.4 is 10.7 Å². The van der Waals surface area contributed by atoms with E-state index in [-0.39, 0.29) is 6.04 Å². The minimum Gasteiger partial charge on any atom is -0.313 e. The quantitative estimate of drug-likeness (QED) is 0.291. The van der Waals surface area contributed by atoms with Gasteiger partial charge in [-0.3, -0.25) is 9.99 Å². The molecule has 31 heavy (non-hydrogen) atoms. The van der Waals surface area contributed by atoms with Gasteiger partial charge < -0.3 is 10.7 Å². The Morgan fingerprint density at radius 2 is 2.06 bits per heavy atom. The van der Waals surface area contributed by atoms with Gasteiger partial charge >= 0.3 is 0 Å². The van der Waals surface area contributed by atoms with Gasteiger partial charge in [-0.2, -0.15) is 0 Å². The topological polar surface area (TPSA) is 40.2 Å². The second kappa shape index (κ2) is 14.0. The predicted molar refractivity (Wildman–Crippen MR) is 134 cm³/mol. The van der Waals surface area contributed by atoms with Crippen molar-refractivity contribution in [2.75, 3.05) is 13.1 Å². The number of hydrogen-bond donors (Lipinski definition) is 2. The van der Waals surface area contributed by atoms with Gasteiger partial charge in [-0.1, -0.05) is 69.0 Å². The van der Waals surface area contributed by atoms with Crippen molar-refractivity contribution < 1.29 is 0 Å². The molecule has 4 nitrogen and oxygen atoms in total. The average Bonchev–Trinajstić information content (AvgIpc) is 3.17. The fourth-order valence-corrected chi connectivity index (χ4v) is 3.52. The Bertz CT molecular complexity index is 856. The predicted octanol–water partition coefficient (Wildman–Crippen LogP) is 5.71. The molecular formula is C27H36N4. The van der Waals surface area contributed by atoms with Crippen LogP contribution in [-0.2, 0) is 0 Å². The number of rotatable bonds is 10. The van der Waals surface area contributed by atoms with Gasteiger partial charge in [-0.15, -0.1) is 0 Å². The maximum absolute atomic E-state index is 4.53. The molecule has 1 aliphatic carbocycles. The van der Waals surface area contributed by atoms with Crippen molar-refractivity contribution in [2.24, 2.45) is 0 Å². The molecule has 1 aliphatic heterocycles. The molecule has 0 bridgehead atoms. The zero-order valence-electron chi connectivity index (χ0n) is 19.1. The average molecular weight is 417 g/mol. The number of hydrogen-bond acceptors (Lipinski definition) is 4. The van der Waals surface area contributed by atoms with Crippen molar-refractivity contribution in [3.05, 3.63) is 109 Å². The molecule has 1 aromatic heterocycles.